The highest BCUT2D eigenvalue weighted by Crippen LogP contribution is 2.36. The smallest absolute Gasteiger partial charge is 0.341 e. The molecule has 0 fully saturated rings. The number of amides is 1. The number of nitrogens with zero attached hydrogens (tertiary/aromatic N) is 1. The Labute approximate surface area is 170 Å². The molecule has 1 aromatic heterocycles. The summed E-state index contributed by atoms with van der Waals surface area (Å²) in [6.45, 7) is 0. The number of ether oxygens (including phenoxy) is 1. The average molecular weight is 408 g/mol. The standard InChI is InChI=1S/C21H16N2O5S/c1-28-21(25)19-17(15-7-3-2-4-8-15)13-29-20(19)22-18(24)11-10-14-6-5-9-16(12-14)23(26)27/h2-13H,1H3,(H,22,24)/b11-10+. The first kappa shape index (κ1) is 20.0. The van der Waals surface area contributed by atoms with Gasteiger partial charge in [0.25, 0.3) is 5.69 Å². The van der Waals surface area contributed by atoms with Gasteiger partial charge in [-0.25, -0.2) is 4.79 Å². The quantitative estimate of drug-likeness (QED) is 0.274. The topological polar surface area (TPSA) is 98.5 Å². The number of hydrogen-bond donors (Lipinski definition) is 1. The predicted octanol–water partition coefficient (Wildman–Crippen LogP) is 4.76. The summed E-state index contributed by atoms with van der Waals surface area (Å²) < 4.78 is 4.88. The van der Waals surface area contributed by atoms with E-state index in [4.69, 9.17) is 4.74 Å². The number of anilines is 1. The minimum atomic E-state index is -0.553. The van der Waals surface area contributed by atoms with Gasteiger partial charge in [0, 0.05) is 29.2 Å². The lowest BCUT2D eigenvalue weighted by Crippen LogP contribution is -2.11. The Morgan fingerprint density at radius 3 is 2.59 bits per heavy atom. The van der Waals surface area contributed by atoms with Crippen molar-refractivity contribution in [2.75, 3.05) is 12.4 Å². The van der Waals surface area contributed by atoms with Crippen LogP contribution in [-0.2, 0) is 9.53 Å². The number of nitrogens with one attached hydrogen (secondary N) is 1. The van der Waals surface area contributed by atoms with Gasteiger partial charge in [-0.05, 0) is 17.2 Å². The van der Waals surface area contributed by atoms with Gasteiger partial charge >= 0.3 is 5.97 Å². The van der Waals surface area contributed by atoms with Gasteiger partial charge in [0.2, 0.25) is 5.91 Å². The molecule has 0 aliphatic carbocycles. The van der Waals surface area contributed by atoms with Gasteiger partial charge in [-0.1, -0.05) is 42.5 Å². The van der Waals surface area contributed by atoms with Gasteiger partial charge in [-0.2, -0.15) is 0 Å². The van der Waals surface area contributed by atoms with Crippen LogP contribution >= 0.6 is 11.3 Å². The molecular formula is C21H16N2O5S. The van der Waals surface area contributed by atoms with Crippen molar-refractivity contribution in [1.29, 1.82) is 0 Å². The molecule has 8 heteroatoms. The second kappa shape index (κ2) is 8.94. The first-order valence-corrected chi connectivity index (χ1v) is 9.36. The van der Waals surface area contributed by atoms with Gasteiger partial charge in [-0.3, -0.25) is 14.9 Å². The van der Waals surface area contributed by atoms with Gasteiger partial charge in [0.05, 0.1) is 12.0 Å². The Bertz CT molecular complexity index is 1090. The Morgan fingerprint density at radius 1 is 1.14 bits per heavy atom. The monoisotopic (exact) mass is 408 g/mol. The summed E-state index contributed by atoms with van der Waals surface area (Å²) in [4.78, 5) is 35.0. The molecule has 1 N–H and O–H groups in total. The number of non-ortho nitro benzene ring substituents is 1. The lowest BCUT2D eigenvalue weighted by molar-refractivity contribution is -0.384. The van der Waals surface area contributed by atoms with E-state index in [0.29, 0.717) is 16.1 Å². The van der Waals surface area contributed by atoms with Crippen molar-refractivity contribution in [3.8, 4) is 11.1 Å². The van der Waals surface area contributed by atoms with Crippen LogP contribution in [-0.4, -0.2) is 23.9 Å². The second-order valence-electron chi connectivity index (χ2n) is 5.89. The molecule has 7 nitrogen and oxygen atoms in total. The van der Waals surface area contributed by atoms with E-state index < -0.39 is 16.8 Å². The molecule has 3 rings (SSSR count). The summed E-state index contributed by atoms with van der Waals surface area (Å²) in [5, 5.41) is 15.7. The molecule has 0 aliphatic heterocycles. The van der Waals surface area contributed by atoms with Crippen LogP contribution in [0.3, 0.4) is 0 Å². The third kappa shape index (κ3) is 4.74. The van der Waals surface area contributed by atoms with Crippen molar-refractivity contribution in [3.63, 3.8) is 0 Å². The molecule has 0 unspecified atom stereocenters. The molecule has 2 aromatic carbocycles. The van der Waals surface area contributed by atoms with Crippen LogP contribution in [0.5, 0.6) is 0 Å². The van der Waals surface area contributed by atoms with Crippen LogP contribution in [0, 0.1) is 10.1 Å². The number of rotatable bonds is 6. The van der Waals surface area contributed by atoms with E-state index in [9.17, 15) is 19.7 Å². The average Bonchev–Trinajstić information content (AvgIpc) is 3.16. The molecule has 1 amide bonds. The summed E-state index contributed by atoms with van der Waals surface area (Å²) in [7, 11) is 1.28. The Balaban J connectivity index is 1.83. The molecule has 0 aliphatic rings. The zero-order valence-electron chi connectivity index (χ0n) is 15.3. The van der Waals surface area contributed by atoms with Crippen molar-refractivity contribution >= 4 is 40.0 Å². The fourth-order valence-electron chi connectivity index (χ4n) is 2.65. The number of nitro groups is 1. The molecule has 0 saturated heterocycles. The maximum atomic E-state index is 12.3. The molecule has 0 spiro atoms. The van der Waals surface area contributed by atoms with Gasteiger partial charge in [-0.15, -0.1) is 11.3 Å². The highest BCUT2D eigenvalue weighted by molar-refractivity contribution is 7.15. The number of thiophene rings is 1. The van der Waals surface area contributed by atoms with Crippen molar-refractivity contribution in [1.82, 2.24) is 0 Å². The van der Waals surface area contributed by atoms with Gasteiger partial charge in [0.1, 0.15) is 10.6 Å². The lowest BCUT2D eigenvalue weighted by atomic mass is 10.0. The van der Waals surface area contributed by atoms with E-state index in [-0.39, 0.29) is 11.3 Å². The Morgan fingerprint density at radius 2 is 1.90 bits per heavy atom. The number of esters is 1. The maximum Gasteiger partial charge on any atom is 0.341 e. The second-order valence-corrected chi connectivity index (χ2v) is 6.77. The van der Waals surface area contributed by atoms with Crippen LogP contribution in [0.2, 0.25) is 0 Å². The van der Waals surface area contributed by atoms with Crippen LogP contribution in [0.15, 0.2) is 66.1 Å². The zero-order valence-corrected chi connectivity index (χ0v) is 16.1. The molecule has 0 bridgehead atoms. The molecule has 0 saturated carbocycles. The van der Waals surface area contributed by atoms with Crippen LogP contribution in [0.1, 0.15) is 15.9 Å². The van der Waals surface area contributed by atoms with Crippen molar-refractivity contribution < 1.29 is 19.2 Å². The normalized spacial score (nSPS) is 10.7. The maximum absolute atomic E-state index is 12.3. The Hall–Kier alpha value is -3.78. The number of benzene rings is 2. The van der Waals surface area contributed by atoms with Gasteiger partial charge in [0.15, 0.2) is 0 Å². The van der Waals surface area contributed by atoms with E-state index in [1.54, 1.807) is 11.4 Å². The van der Waals surface area contributed by atoms with Crippen LogP contribution < -0.4 is 5.32 Å². The summed E-state index contributed by atoms with van der Waals surface area (Å²) >= 11 is 1.22. The third-order valence-electron chi connectivity index (χ3n) is 4.01. The molecule has 1 heterocycles. The van der Waals surface area contributed by atoms with Crippen molar-refractivity contribution in [2.45, 2.75) is 0 Å². The predicted molar refractivity (Wildman–Crippen MR) is 112 cm³/mol. The number of nitro benzene ring substituents is 1. The fraction of sp³-hybridized carbons (Fsp3) is 0.0476. The van der Waals surface area contributed by atoms with Crippen LogP contribution in [0.4, 0.5) is 10.7 Å². The summed E-state index contributed by atoms with van der Waals surface area (Å²) in [6, 6.07) is 15.2. The summed E-state index contributed by atoms with van der Waals surface area (Å²) in [5.74, 6) is -1.02. The zero-order chi connectivity index (χ0) is 20.8. The Kier molecular flexibility index (Phi) is 6.16. The first-order valence-electron chi connectivity index (χ1n) is 8.48. The molecular weight excluding hydrogens is 392 g/mol. The highest BCUT2D eigenvalue weighted by Gasteiger charge is 2.21. The summed E-state index contributed by atoms with van der Waals surface area (Å²) in [5.41, 5.74) is 2.22. The van der Waals surface area contributed by atoms with Crippen molar-refractivity contribution in [3.05, 3.63) is 87.3 Å². The lowest BCUT2D eigenvalue weighted by Gasteiger charge is -2.06. The van der Waals surface area contributed by atoms with E-state index in [0.717, 1.165) is 5.56 Å². The van der Waals surface area contributed by atoms with E-state index in [1.807, 2.05) is 30.3 Å². The van der Waals surface area contributed by atoms with Crippen molar-refractivity contribution in [2.24, 2.45) is 0 Å². The minimum Gasteiger partial charge on any atom is -0.465 e. The van der Waals surface area contributed by atoms with E-state index in [1.165, 1.54) is 48.8 Å². The van der Waals surface area contributed by atoms with E-state index in [2.05, 4.69) is 5.32 Å². The number of carbonyl (C=O) groups is 2. The molecule has 0 atom stereocenters. The number of methoxy groups -OCH3 is 1. The number of hydrogen-bond acceptors (Lipinski definition) is 6. The first-order chi connectivity index (χ1) is 14.0. The van der Waals surface area contributed by atoms with E-state index >= 15 is 0 Å². The third-order valence-corrected chi connectivity index (χ3v) is 4.91. The highest BCUT2D eigenvalue weighted by atomic mass is 32.1. The van der Waals surface area contributed by atoms with Crippen LogP contribution in [0.25, 0.3) is 17.2 Å². The molecule has 3 aromatic rings. The minimum absolute atomic E-state index is 0.0636. The molecule has 146 valence electrons. The van der Waals surface area contributed by atoms with Gasteiger partial charge < -0.3 is 10.1 Å². The molecule has 0 radical (unpaired) electrons. The number of carbonyl (C=O) groups excluding carboxylic acids is 2. The SMILES string of the molecule is COC(=O)c1c(-c2ccccc2)csc1NC(=O)/C=C/c1cccc([N+](=O)[O-])c1. The summed E-state index contributed by atoms with van der Waals surface area (Å²) in [6.07, 6.45) is 2.72. The fourth-order valence-corrected chi connectivity index (χ4v) is 3.61. The largest absolute Gasteiger partial charge is 0.465 e. The molecule has 29 heavy (non-hydrogen) atoms.